The summed E-state index contributed by atoms with van der Waals surface area (Å²) in [5.74, 6) is 2.71. The second kappa shape index (κ2) is 7.70. The van der Waals surface area contributed by atoms with Crippen LogP contribution in [-0.4, -0.2) is 24.6 Å². The van der Waals surface area contributed by atoms with E-state index in [2.05, 4.69) is 41.0 Å². The number of hydrogen-bond acceptors (Lipinski definition) is 3. The van der Waals surface area contributed by atoms with Crippen molar-refractivity contribution in [2.45, 2.75) is 26.8 Å². The van der Waals surface area contributed by atoms with E-state index in [0.717, 1.165) is 31.7 Å². The van der Waals surface area contributed by atoms with E-state index in [4.69, 9.17) is 6.42 Å². The fourth-order valence-electron chi connectivity index (χ4n) is 1.77. The fourth-order valence-corrected chi connectivity index (χ4v) is 1.77. The molecule has 3 nitrogen and oxygen atoms in total. The fraction of sp³-hybridized carbons (Fsp3) is 0.500. The van der Waals surface area contributed by atoms with Crippen molar-refractivity contribution >= 4 is 5.69 Å². The van der Waals surface area contributed by atoms with Gasteiger partial charge in [0, 0.05) is 19.3 Å². The van der Waals surface area contributed by atoms with Crippen molar-refractivity contribution in [3.8, 4) is 12.3 Å². The molecule has 0 bridgehead atoms. The number of pyridine rings is 1. The molecule has 1 heterocycles. The molecule has 0 aliphatic rings. The second-order valence-corrected chi connectivity index (χ2v) is 3.91. The Labute approximate surface area is 104 Å². The number of nitrogens with zero attached hydrogens (tertiary/aromatic N) is 2. The predicted molar refractivity (Wildman–Crippen MR) is 73.0 cm³/mol. The maximum absolute atomic E-state index is 5.42. The summed E-state index contributed by atoms with van der Waals surface area (Å²) in [6.07, 6.45) is 10.2. The Balaban J connectivity index is 2.88. The van der Waals surface area contributed by atoms with Crippen molar-refractivity contribution in [3.63, 3.8) is 0 Å². The zero-order valence-corrected chi connectivity index (χ0v) is 10.7. The number of anilines is 1. The van der Waals surface area contributed by atoms with Gasteiger partial charge in [-0.3, -0.25) is 4.98 Å². The summed E-state index contributed by atoms with van der Waals surface area (Å²) >= 11 is 0. The summed E-state index contributed by atoms with van der Waals surface area (Å²) in [6, 6.07) is 2.05. The predicted octanol–water partition coefficient (Wildman–Crippen LogP) is 2.04. The lowest BCUT2D eigenvalue weighted by molar-refractivity contribution is 0.718. The minimum atomic E-state index is 0.638. The zero-order valence-electron chi connectivity index (χ0n) is 10.7. The van der Waals surface area contributed by atoms with Crippen molar-refractivity contribution in [2.24, 2.45) is 0 Å². The average molecular weight is 231 g/mol. The smallest absolute Gasteiger partial charge is 0.0792 e. The standard InChI is InChI=1S/C14H21N3/c1-4-9-17(10-5-2)14-12-16-8-7-13(14)11-15-6-3/h1,7-8,12,15H,5-6,9-11H2,2-3H3. The molecule has 0 aliphatic heterocycles. The molecule has 0 fully saturated rings. The van der Waals surface area contributed by atoms with Crippen LogP contribution in [0.1, 0.15) is 25.8 Å². The van der Waals surface area contributed by atoms with Gasteiger partial charge in [-0.05, 0) is 24.6 Å². The highest BCUT2D eigenvalue weighted by Gasteiger charge is 2.09. The van der Waals surface area contributed by atoms with Crippen LogP contribution in [0.5, 0.6) is 0 Å². The van der Waals surface area contributed by atoms with E-state index in [9.17, 15) is 0 Å². The van der Waals surface area contributed by atoms with Gasteiger partial charge in [0.1, 0.15) is 0 Å². The van der Waals surface area contributed by atoms with E-state index in [0.29, 0.717) is 6.54 Å². The molecule has 0 aromatic carbocycles. The van der Waals surface area contributed by atoms with Crippen LogP contribution in [0.15, 0.2) is 18.5 Å². The van der Waals surface area contributed by atoms with Crippen LogP contribution in [0.25, 0.3) is 0 Å². The van der Waals surface area contributed by atoms with E-state index in [-0.39, 0.29) is 0 Å². The molecule has 0 saturated carbocycles. The maximum Gasteiger partial charge on any atom is 0.0792 e. The average Bonchev–Trinajstić information content (AvgIpc) is 2.36. The third-order valence-electron chi connectivity index (χ3n) is 2.57. The largest absolute Gasteiger partial charge is 0.359 e. The zero-order chi connectivity index (χ0) is 12.5. The Kier molecular flexibility index (Phi) is 6.13. The van der Waals surface area contributed by atoms with Crippen LogP contribution in [0.4, 0.5) is 5.69 Å². The molecule has 0 radical (unpaired) electrons. The van der Waals surface area contributed by atoms with Gasteiger partial charge < -0.3 is 10.2 Å². The number of rotatable bonds is 7. The first kappa shape index (κ1) is 13.5. The van der Waals surface area contributed by atoms with Crippen LogP contribution in [0.2, 0.25) is 0 Å². The van der Waals surface area contributed by atoms with Gasteiger partial charge in [0.05, 0.1) is 18.4 Å². The molecule has 0 spiro atoms. The van der Waals surface area contributed by atoms with Crippen molar-refractivity contribution < 1.29 is 0 Å². The lowest BCUT2D eigenvalue weighted by Gasteiger charge is -2.24. The number of nitrogens with one attached hydrogen (secondary N) is 1. The molecule has 1 aromatic heterocycles. The highest BCUT2D eigenvalue weighted by Crippen LogP contribution is 2.19. The lowest BCUT2D eigenvalue weighted by Crippen LogP contribution is -2.26. The highest BCUT2D eigenvalue weighted by atomic mass is 15.1. The minimum absolute atomic E-state index is 0.638. The van der Waals surface area contributed by atoms with Gasteiger partial charge in [0.15, 0.2) is 0 Å². The van der Waals surface area contributed by atoms with Gasteiger partial charge in [-0.1, -0.05) is 19.8 Å². The number of terminal acetylenes is 1. The molecule has 1 rings (SSSR count). The van der Waals surface area contributed by atoms with Crippen LogP contribution >= 0.6 is 0 Å². The molecular formula is C14H21N3. The van der Waals surface area contributed by atoms with E-state index in [1.807, 2.05) is 12.4 Å². The van der Waals surface area contributed by atoms with E-state index < -0.39 is 0 Å². The Morgan fingerprint density at radius 1 is 1.47 bits per heavy atom. The molecule has 0 saturated heterocycles. The molecule has 0 unspecified atom stereocenters. The Morgan fingerprint density at radius 2 is 2.29 bits per heavy atom. The highest BCUT2D eigenvalue weighted by molar-refractivity contribution is 5.52. The maximum atomic E-state index is 5.42. The first-order chi connectivity index (χ1) is 8.33. The minimum Gasteiger partial charge on any atom is -0.359 e. The SMILES string of the molecule is C#CCN(CCC)c1cnccc1CNCC. The third-order valence-corrected chi connectivity index (χ3v) is 2.57. The van der Waals surface area contributed by atoms with Crippen LogP contribution in [0, 0.1) is 12.3 Å². The number of aromatic nitrogens is 1. The monoisotopic (exact) mass is 231 g/mol. The molecule has 92 valence electrons. The van der Waals surface area contributed by atoms with Crippen LogP contribution in [0.3, 0.4) is 0 Å². The second-order valence-electron chi connectivity index (χ2n) is 3.91. The van der Waals surface area contributed by atoms with Crippen molar-refractivity contribution in [1.82, 2.24) is 10.3 Å². The van der Waals surface area contributed by atoms with E-state index in [1.165, 1.54) is 5.56 Å². The quantitative estimate of drug-likeness (QED) is 0.728. The molecule has 17 heavy (non-hydrogen) atoms. The van der Waals surface area contributed by atoms with Crippen molar-refractivity contribution in [2.75, 3.05) is 24.5 Å². The summed E-state index contributed by atoms with van der Waals surface area (Å²) in [5, 5.41) is 3.34. The summed E-state index contributed by atoms with van der Waals surface area (Å²) in [5.41, 5.74) is 2.40. The van der Waals surface area contributed by atoms with Crippen LogP contribution < -0.4 is 10.2 Å². The first-order valence-corrected chi connectivity index (χ1v) is 6.15. The summed E-state index contributed by atoms with van der Waals surface area (Å²) in [7, 11) is 0. The van der Waals surface area contributed by atoms with Crippen LogP contribution in [-0.2, 0) is 6.54 Å². The third kappa shape index (κ3) is 4.08. The molecular weight excluding hydrogens is 210 g/mol. The summed E-state index contributed by atoms with van der Waals surface area (Å²) < 4.78 is 0. The van der Waals surface area contributed by atoms with Gasteiger partial charge >= 0.3 is 0 Å². The topological polar surface area (TPSA) is 28.2 Å². The molecule has 3 heteroatoms. The lowest BCUT2D eigenvalue weighted by atomic mass is 10.2. The normalized spacial score (nSPS) is 9.94. The van der Waals surface area contributed by atoms with E-state index in [1.54, 1.807) is 0 Å². The van der Waals surface area contributed by atoms with Crippen molar-refractivity contribution in [3.05, 3.63) is 24.0 Å². The first-order valence-electron chi connectivity index (χ1n) is 6.15. The Morgan fingerprint density at radius 3 is 2.94 bits per heavy atom. The molecule has 0 amide bonds. The molecule has 1 N–H and O–H groups in total. The summed E-state index contributed by atoms with van der Waals surface area (Å²) in [4.78, 5) is 6.41. The van der Waals surface area contributed by atoms with Gasteiger partial charge in [0.25, 0.3) is 0 Å². The molecule has 0 aliphatic carbocycles. The van der Waals surface area contributed by atoms with Gasteiger partial charge in [-0.2, -0.15) is 0 Å². The van der Waals surface area contributed by atoms with Gasteiger partial charge in [-0.15, -0.1) is 6.42 Å². The Bertz CT molecular complexity index is 368. The van der Waals surface area contributed by atoms with Gasteiger partial charge in [-0.25, -0.2) is 0 Å². The van der Waals surface area contributed by atoms with E-state index >= 15 is 0 Å². The molecule has 0 atom stereocenters. The van der Waals surface area contributed by atoms with Gasteiger partial charge in [0.2, 0.25) is 0 Å². The number of hydrogen-bond donors (Lipinski definition) is 1. The molecule has 1 aromatic rings. The van der Waals surface area contributed by atoms with Crippen molar-refractivity contribution in [1.29, 1.82) is 0 Å². The Hall–Kier alpha value is -1.53. The summed E-state index contributed by atoms with van der Waals surface area (Å²) in [6.45, 7) is 7.69.